The predicted molar refractivity (Wildman–Crippen MR) is 154 cm³/mol. The SMILES string of the molecule is C1=CC(c2ccccc2)(c2ccc(N3CCCCC3)cc2)Oc2ccc3nc(-c4ccccc4)ncc3c21. The van der Waals surface area contributed by atoms with Crippen LogP contribution in [0.1, 0.15) is 36.0 Å². The van der Waals surface area contributed by atoms with Crippen LogP contribution in [0.4, 0.5) is 5.69 Å². The maximum absolute atomic E-state index is 6.94. The first-order valence-electron chi connectivity index (χ1n) is 13.4. The van der Waals surface area contributed by atoms with Crippen molar-refractivity contribution in [3.05, 3.63) is 126 Å². The number of fused-ring (bicyclic) bond motifs is 3. The highest BCUT2D eigenvalue weighted by molar-refractivity contribution is 5.92. The normalized spacial score (nSPS) is 18.7. The Labute approximate surface area is 223 Å². The molecule has 0 aliphatic carbocycles. The summed E-state index contributed by atoms with van der Waals surface area (Å²) in [7, 11) is 0. The first-order chi connectivity index (χ1) is 18.8. The van der Waals surface area contributed by atoms with Crippen molar-refractivity contribution in [2.24, 2.45) is 0 Å². The second-order valence-electron chi connectivity index (χ2n) is 10.1. The van der Waals surface area contributed by atoms with E-state index >= 15 is 0 Å². The van der Waals surface area contributed by atoms with E-state index in [9.17, 15) is 0 Å². The Morgan fingerprint density at radius 1 is 0.711 bits per heavy atom. The second kappa shape index (κ2) is 9.46. The Kier molecular flexibility index (Phi) is 5.66. The Morgan fingerprint density at radius 2 is 1.42 bits per heavy atom. The number of rotatable bonds is 4. The molecule has 1 saturated heterocycles. The molecule has 0 saturated carbocycles. The largest absolute Gasteiger partial charge is 0.473 e. The van der Waals surface area contributed by atoms with E-state index in [1.54, 1.807) is 0 Å². The van der Waals surface area contributed by atoms with Crippen molar-refractivity contribution in [2.75, 3.05) is 18.0 Å². The average molecular weight is 496 g/mol. The molecular weight excluding hydrogens is 466 g/mol. The monoisotopic (exact) mass is 495 g/mol. The number of nitrogens with zero attached hydrogens (tertiary/aromatic N) is 3. The van der Waals surface area contributed by atoms with Crippen molar-refractivity contribution in [2.45, 2.75) is 24.9 Å². The van der Waals surface area contributed by atoms with Gasteiger partial charge in [-0.3, -0.25) is 0 Å². The molecule has 4 aromatic carbocycles. The minimum absolute atomic E-state index is 0.715. The highest BCUT2D eigenvalue weighted by Crippen LogP contribution is 2.44. The fourth-order valence-corrected chi connectivity index (χ4v) is 5.74. The minimum atomic E-state index is -0.715. The van der Waals surface area contributed by atoms with E-state index in [1.807, 2.05) is 54.7 Å². The van der Waals surface area contributed by atoms with Crippen molar-refractivity contribution < 1.29 is 4.74 Å². The minimum Gasteiger partial charge on any atom is -0.473 e. The molecule has 0 N–H and O–H groups in total. The molecule has 0 amide bonds. The van der Waals surface area contributed by atoms with Gasteiger partial charge in [-0.05, 0) is 55.7 Å². The van der Waals surface area contributed by atoms with Gasteiger partial charge in [0.15, 0.2) is 11.4 Å². The molecule has 2 aliphatic heterocycles. The summed E-state index contributed by atoms with van der Waals surface area (Å²) in [5.41, 5.74) is 5.71. The maximum atomic E-state index is 6.94. The van der Waals surface area contributed by atoms with Crippen LogP contribution in [0.5, 0.6) is 5.75 Å². The number of hydrogen-bond donors (Lipinski definition) is 0. The number of piperidine rings is 1. The molecule has 3 heterocycles. The van der Waals surface area contributed by atoms with E-state index in [0.717, 1.165) is 57.8 Å². The number of ether oxygens (including phenoxy) is 1. The summed E-state index contributed by atoms with van der Waals surface area (Å²) in [6, 6.07) is 33.6. The molecule has 1 aromatic heterocycles. The van der Waals surface area contributed by atoms with Gasteiger partial charge in [0.2, 0.25) is 0 Å². The van der Waals surface area contributed by atoms with Gasteiger partial charge in [0.05, 0.1) is 5.52 Å². The summed E-state index contributed by atoms with van der Waals surface area (Å²) in [6.07, 6.45) is 10.1. The summed E-state index contributed by atoms with van der Waals surface area (Å²) in [6.45, 7) is 2.27. The van der Waals surface area contributed by atoms with Crippen LogP contribution in [0.3, 0.4) is 0 Å². The molecular formula is C34H29N3O. The lowest BCUT2D eigenvalue weighted by atomic mass is 9.83. The Morgan fingerprint density at radius 3 is 2.18 bits per heavy atom. The van der Waals surface area contributed by atoms with Gasteiger partial charge in [-0.2, -0.15) is 0 Å². The topological polar surface area (TPSA) is 38.2 Å². The molecule has 1 fully saturated rings. The van der Waals surface area contributed by atoms with Gasteiger partial charge in [-0.1, -0.05) is 72.8 Å². The molecule has 4 heteroatoms. The quantitative estimate of drug-likeness (QED) is 0.257. The van der Waals surface area contributed by atoms with Crippen LogP contribution in [-0.4, -0.2) is 23.1 Å². The molecule has 0 spiro atoms. The van der Waals surface area contributed by atoms with Crippen molar-refractivity contribution in [1.82, 2.24) is 9.97 Å². The van der Waals surface area contributed by atoms with Crippen LogP contribution >= 0.6 is 0 Å². The summed E-state index contributed by atoms with van der Waals surface area (Å²) in [5, 5.41) is 0.987. The van der Waals surface area contributed by atoms with Crippen LogP contribution in [0, 0.1) is 0 Å². The molecule has 7 rings (SSSR count). The zero-order valence-electron chi connectivity index (χ0n) is 21.3. The van der Waals surface area contributed by atoms with Gasteiger partial charge in [0.1, 0.15) is 5.75 Å². The molecule has 1 atom stereocenters. The number of benzene rings is 4. The van der Waals surface area contributed by atoms with E-state index in [2.05, 4.69) is 70.6 Å². The molecule has 1 unspecified atom stereocenters. The Balaban J connectivity index is 1.29. The fraction of sp³-hybridized carbons (Fsp3) is 0.176. The molecule has 5 aromatic rings. The van der Waals surface area contributed by atoms with Crippen LogP contribution in [-0.2, 0) is 5.60 Å². The summed E-state index contributed by atoms with van der Waals surface area (Å²) < 4.78 is 6.94. The standard InChI is InChI=1S/C34H29N3O/c1-4-10-25(11-5-1)33-35-24-30-29-20-21-34(26-12-6-2-7-13-26,38-32(29)19-18-31(30)36-33)27-14-16-28(17-15-27)37-22-8-3-9-23-37/h1-2,4-7,10-21,24H,3,8-9,22-23H2. The van der Waals surface area contributed by atoms with E-state index < -0.39 is 5.60 Å². The van der Waals surface area contributed by atoms with E-state index in [0.29, 0.717) is 0 Å². The van der Waals surface area contributed by atoms with E-state index in [-0.39, 0.29) is 0 Å². The summed E-state index contributed by atoms with van der Waals surface area (Å²) in [5.74, 6) is 1.56. The number of hydrogen-bond acceptors (Lipinski definition) is 4. The molecule has 2 aliphatic rings. The predicted octanol–water partition coefficient (Wildman–Crippen LogP) is 7.64. The first-order valence-corrected chi connectivity index (χ1v) is 13.4. The second-order valence-corrected chi connectivity index (χ2v) is 10.1. The lowest BCUT2D eigenvalue weighted by Crippen LogP contribution is -2.34. The fourth-order valence-electron chi connectivity index (χ4n) is 5.74. The third-order valence-corrected chi connectivity index (χ3v) is 7.77. The van der Waals surface area contributed by atoms with Gasteiger partial charge in [0.25, 0.3) is 0 Å². The molecule has 0 radical (unpaired) electrons. The van der Waals surface area contributed by atoms with Crippen molar-refractivity contribution >= 4 is 22.7 Å². The van der Waals surface area contributed by atoms with Gasteiger partial charge >= 0.3 is 0 Å². The van der Waals surface area contributed by atoms with Gasteiger partial charge in [-0.15, -0.1) is 0 Å². The Bertz CT molecular complexity index is 1610. The molecule has 186 valence electrons. The van der Waals surface area contributed by atoms with E-state index in [4.69, 9.17) is 9.72 Å². The summed E-state index contributed by atoms with van der Waals surface area (Å²) >= 11 is 0. The van der Waals surface area contributed by atoms with E-state index in [1.165, 1.54) is 24.9 Å². The smallest absolute Gasteiger partial charge is 0.178 e. The van der Waals surface area contributed by atoms with Gasteiger partial charge in [0, 0.05) is 52.6 Å². The molecule has 0 bridgehead atoms. The van der Waals surface area contributed by atoms with Crippen LogP contribution in [0.15, 0.2) is 109 Å². The first kappa shape index (κ1) is 22.7. The lowest BCUT2D eigenvalue weighted by Gasteiger charge is -2.37. The molecule has 38 heavy (non-hydrogen) atoms. The van der Waals surface area contributed by atoms with Crippen LogP contribution in [0.2, 0.25) is 0 Å². The van der Waals surface area contributed by atoms with Crippen molar-refractivity contribution in [3.8, 4) is 17.1 Å². The number of anilines is 1. The maximum Gasteiger partial charge on any atom is 0.178 e. The van der Waals surface area contributed by atoms with Gasteiger partial charge in [-0.25, -0.2) is 9.97 Å². The average Bonchev–Trinajstić information content (AvgIpc) is 3.02. The van der Waals surface area contributed by atoms with Crippen LogP contribution in [0.25, 0.3) is 28.4 Å². The Hall–Kier alpha value is -4.44. The van der Waals surface area contributed by atoms with Crippen LogP contribution < -0.4 is 9.64 Å². The zero-order valence-corrected chi connectivity index (χ0v) is 21.3. The third kappa shape index (κ3) is 3.93. The molecule has 4 nitrogen and oxygen atoms in total. The van der Waals surface area contributed by atoms with Gasteiger partial charge < -0.3 is 9.64 Å². The highest BCUT2D eigenvalue weighted by atomic mass is 16.5. The lowest BCUT2D eigenvalue weighted by molar-refractivity contribution is 0.161. The highest BCUT2D eigenvalue weighted by Gasteiger charge is 2.37. The third-order valence-electron chi connectivity index (χ3n) is 7.77. The zero-order chi connectivity index (χ0) is 25.4. The van der Waals surface area contributed by atoms with Crippen molar-refractivity contribution in [1.29, 1.82) is 0 Å². The van der Waals surface area contributed by atoms with Crippen molar-refractivity contribution in [3.63, 3.8) is 0 Å². The number of aromatic nitrogens is 2. The summed E-state index contributed by atoms with van der Waals surface area (Å²) in [4.78, 5) is 12.0.